The Labute approximate surface area is 154 Å². The lowest BCUT2D eigenvalue weighted by molar-refractivity contribution is -0.186. The van der Waals surface area contributed by atoms with Crippen molar-refractivity contribution in [2.45, 2.75) is 19.0 Å². The number of benzene rings is 2. The van der Waals surface area contributed by atoms with Crippen LogP contribution in [0.5, 0.6) is 5.75 Å². The zero-order valence-corrected chi connectivity index (χ0v) is 15.0. The van der Waals surface area contributed by atoms with Gasteiger partial charge >= 0.3 is 0 Å². The molecule has 1 unspecified atom stereocenters. The van der Waals surface area contributed by atoms with Crippen molar-refractivity contribution in [1.82, 2.24) is 10.4 Å². The second kappa shape index (κ2) is 8.65. The lowest BCUT2D eigenvalue weighted by Crippen LogP contribution is -2.40. The maximum Gasteiger partial charge on any atom is 0.239 e. The van der Waals surface area contributed by atoms with Crippen molar-refractivity contribution in [3.63, 3.8) is 0 Å². The molecule has 1 fully saturated rings. The lowest BCUT2D eigenvalue weighted by Gasteiger charge is -2.25. The van der Waals surface area contributed by atoms with Crippen molar-refractivity contribution >= 4 is 5.91 Å². The molecule has 1 saturated heterocycles. The molecule has 5 heteroatoms. The summed E-state index contributed by atoms with van der Waals surface area (Å²) in [6, 6.07) is 16.0. The number of amides is 1. The fourth-order valence-electron chi connectivity index (χ4n) is 2.86. The molecule has 1 aromatic rings. The molecule has 1 heterocycles. The molecule has 1 atom stereocenters. The third kappa shape index (κ3) is 4.31. The number of ether oxygens (including phenoxy) is 1. The number of methoxy groups -OCH3 is 1. The van der Waals surface area contributed by atoms with Crippen LogP contribution in [0, 0.1) is 0 Å². The molecule has 5 nitrogen and oxygen atoms in total. The fraction of sp³-hybridized carbons (Fsp3) is 0.286. The molecule has 4 rings (SSSR count). The minimum atomic E-state index is -0.249. The number of fused-ring (bicyclic) bond motifs is 1. The summed E-state index contributed by atoms with van der Waals surface area (Å²) in [6.07, 6.45) is 2.42. The van der Waals surface area contributed by atoms with Gasteiger partial charge in [0.25, 0.3) is 0 Å². The summed E-state index contributed by atoms with van der Waals surface area (Å²) in [6.45, 7) is 5.24. The SMILES string of the molecule is C=CCON(Cc1cccc(OC)c1)C1CCNC1=O.c1cc2ccc1-2. The first-order valence-corrected chi connectivity index (χ1v) is 8.73. The number of carbonyl (C=O) groups is 1. The Hall–Kier alpha value is -2.63. The smallest absolute Gasteiger partial charge is 0.239 e. The van der Waals surface area contributed by atoms with E-state index in [9.17, 15) is 4.79 Å². The number of carbonyl (C=O) groups excluding carboxylic acids is 1. The van der Waals surface area contributed by atoms with Gasteiger partial charge in [0, 0.05) is 6.54 Å². The van der Waals surface area contributed by atoms with E-state index in [-0.39, 0.29) is 11.9 Å². The van der Waals surface area contributed by atoms with Gasteiger partial charge in [0.05, 0.1) is 20.3 Å². The quantitative estimate of drug-likeness (QED) is 0.524. The topological polar surface area (TPSA) is 50.8 Å². The molecular formula is C21H24N2O3. The average molecular weight is 352 g/mol. The zero-order chi connectivity index (χ0) is 18.4. The van der Waals surface area contributed by atoms with Crippen LogP contribution in [0.1, 0.15) is 12.0 Å². The van der Waals surface area contributed by atoms with Crippen molar-refractivity contribution in [1.29, 1.82) is 0 Å². The third-order valence-corrected chi connectivity index (χ3v) is 4.42. The molecule has 1 aromatic carbocycles. The highest BCUT2D eigenvalue weighted by molar-refractivity contribution is 5.83. The summed E-state index contributed by atoms with van der Waals surface area (Å²) in [7, 11) is 1.63. The van der Waals surface area contributed by atoms with E-state index in [1.54, 1.807) is 18.2 Å². The van der Waals surface area contributed by atoms with Crippen LogP contribution in [0.2, 0.25) is 0 Å². The Morgan fingerprint density at radius 3 is 2.46 bits per heavy atom. The van der Waals surface area contributed by atoms with Crippen molar-refractivity contribution in [3.8, 4) is 16.9 Å². The van der Waals surface area contributed by atoms with Gasteiger partial charge in [0.2, 0.25) is 5.91 Å². The van der Waals surface area contributed by atoms with Crippen molar-refractivity contribution in [2.75, 3.05) is 20.3 Å². The van der Waals surface area contributed by atoms with Crippen LogP contribution in [0.4, 0.5) is 0 Å². The van der Waals surface area contributed by atoms with Crippen LogP contribution >= 0.6 is 0 Å². The molecule has 0 saturated carbocycles. The number of nitrogens with one attached hydrogen (secondary N) is 1. The molecule has 1 aliphatic heterocycles. The van der Waals surface area contributed by atoms with Crippen LogP contribution < -0.4 is 10.1 Å². The Bertz CT molecular complexity index is 737. The highest BCUT2D eigenvalue weighted by Crippen LogP contribution is 2.29. The van der Waals surface area contributed by atoms with E-state index in [1.807, 2.05) is 24.3 Å². The molecule has 0 radical (unpaired) electrons. The van der Waals surface area contributed by atoms with Crippen molar-refractivity contribution in [2.24, 2.45) is 0 Å². The van der Waals surface area contributed by atoms with Crippen LogP contribution in [0.3, 0.4) is 0 Å². The molecule has 2 aliphatic carbocycles. The highest BCUT2D eigenvalue weighted by atomic mass is 16.7. The van der Waals surface area contributed by atoms with Gasteiger partial charge in [-0.25, -0.2) is 0 Å². The molecule has 0 aromatic heterocycles. The molecule has 1 N–H and O–H groups in total. The predicted octanol–water partition coefficient (Wildman–Crippen LogP) is 3.17. The number of hydrogen-bond acceptors (Lipinski definition) is 4. The van der Waals surface area contributed by atoms with E-state index in [1.165, 1.54) is 11.1 Å². The number of hydrogen-bond donors (Lipinski definition) is 1. The summed E-state index contributed by atoms with van der Waals surface area (Å²) in [5.41, 5.74) is 3.89. The van der Waals surface area contributed by atoms with Crippen LogP contribution in [-0.2, 0) is 16.2 Å². The van der Waals surface area contributed by atoms with E-state index in [4.69, 9.17) is 9.57 Å². The van der Waals surface area contributed by atoms with Crippen LogP contribution in [-0.4, -0.2) is 37.3 Å². The van der Waals surface area contributed by atoms with Crippen molar-refractivity contribution in [3.05, 3.63) is 66.7 Å². The summed E-state index contributed by atoms with van der Waals surface area (Å²) >= 11 is 0. The molecule has 136 valence electrons. The van der Waals surface area contributed by atoms with Gasteiger partial charge in [-0.05, 0) is 35.2 Å². The number of hydroxylamine groups is 2. The fourth-order valence-corrected chi connectivity index (χ4v) is 2.86. The molecule has 1 amide bonds. The van der Waals surface area contributed by atoms with E-state index in [2.05, 4.69) is 36.2 Å². The van der Waals surface area contributed by atoms with E-state index < -0.39 is 0 Å². The van der Waals surface area contributed by atoms with Gasteiger partial charge in [-0.2, -0.15) is 5.06 Å². The Morgan fingerprint density at radius 1 is 1.23 bits per heavy atom. The Morgan fingerprint density at radius 2 is 1.96 bits per heavy atom. The molecule has 26 heavy (non-hydrogen) atoms. The standard InChI is InChI=1S/C15H20N2O3.C6H4/c1-3-9-20-17(14-7-8-16-15(14)18)11-12-5-4-6-13(10-12)19-2;1-2-6-4-3-5(1)6/h3-6,10,14H,1,7-9,11H2,2H3,(H,16,18);1-4H. The maximum atomic E-state index is 11.8. The number of rotatable bonds is 7. The van der Waals surface area contributed by atoms with E-state index in [0.29, 0.717) is 19.7 Å². The van der Waals surface area contributed by atoms with Gasteiger partial charge in [-0.3, -0.25) is 9.63 Å². The second-order valence-corrected chi connectivity index (χ2v) is 6.18. The second-order valence-electron chi connectivity index (χ2n) is 6.18. The lowest BCUT2D eigenvalue weighted by atomic mass is 9.95. The first kappa shape index (κ1) is 18.2. The van der Waals surface area contributed by atoms with Gasteiger partial charge in [-0.1, -0.05) is 42.5 Å². The van der Waals surface area contributed by atoms with Gasteiger partial charge < -0.3 is 10.1 Å². The Kier molecular flexibility index (Phi) is 6.04. The third-order valence-electron chi connectivity index (χ3n) is 4.42. The molecule has 0 spiro atoms. The van der Waals surface area contributed by atoms with Gasteiger partial charge in [-0.15, -0.1) is 6.58 Å². The minimum Gasteiger partial charge on any atom is -0.497 e. The minimum absolute atomic E-state index is 0.0111. The first-order chi connectivity index (χ1) is 12.7. The Balaban J connectivity index is 0.000000269. The zero-order valence-electron chi connectivity index (χ0n) is 15.0. The van der Waals surface area contributed by atoms with Crippen LogP contribution in [0.15, 0.2) is 61.2 Å². The normalized spacial score (nSPS) is 16.5. The summed E-state index contributed by atoms with van der Waals surface area (Å²) in [5.74, 6) is 0.805. The maximum absolute atomic E-state index is 11.8. The van der Waals surface area contributed by atoms with E-state index >= 15 is 0 Å². The summed E-state index contributed by atoms with van der Waals surface area (Å²) < 4.78 is 5.21. The average Bonchev–Trinajstić information content (AvgIpc) is 3.08. The van der Waals surface area contributed by atoms with Crippen molar-refractivity contribution < 1.29 is 14.4 Å². The largest absolute Gasteiger partial charge is 0.497 e. The van der Waals surface area contributed by atoms with Gasteiger partial charge in [0.15, 0.2) is 0 Å². The molecule has 3 aliphatic rings. The van der Waals surface area contributed by atoms with Crippen LogP contribution in [0.25, 0.3) is 11.1 Å². The van der Waals surface area contributed by atoms with Gasteiger partial charge in [0.1, 0.15) is 11.8 Å². The summed E-state index contributed by atoms with van der Waals surface area (Å²) in [4.78, 5) is 17.4. The molecule has 0 bridgehead atoms. The monoisotopic (exact) mass is 352 g/mol. The van der Waals surface area contributed by atoms with E-state index in [0.717, 1.165) is 17.7 Å². The summed E-state index contributed by atoms with van der Waals surface area (Å²) in [5, 5.41) is 4.54. The highest BCUT2D eigenvalue weighted by Gasteiger charge is 2.31. The predicted molar refractivity (Wildman–Crippen MR) is 102 cm³/mol. The first-order valence-electron chi connectivity index (χ1n) is 8.73. The number of nitrogens with zero attached hydrogens (tertiary/aromatic N) is 1. The molecular weight excluding hydrogens is 328 g/mol.